The highest BCUT2D eigenvalue weighted by atomic mass is 19.4. The van der Waals surface area contributed by atoms with Crippen LogP contribution in [-0.4, -0.2) is 38.7 Å². The summed E-state index contributed by atoms with van der Waals surface area (Å²) in [5.41, 5.74) is 0.400. The van der Waals surface area contributed by atoms with Crippen molar-refractivity contribution in [1.29, 1.82) is 0 Å². The molecule has 3 rings (SSSR count). The van der Waals surface area contributed by atoms with Gasteiger partial charge in [-0.1, -0.05) is 6.92 Å². The van der Waals surface area contributed by atoms with Crippen LogP contribution < -0.4 is 5.32 Å². The number of aromatic nitrogens is 2. The summed E-state index contributed by atoms with van der Waals surface area (Å²) in [5, 5.41) is 6.51. The number of ketones is 1. The van der Waals surface area contributed by atoms with Crippen LogP contribution in [0.5, 0.6) is 0 Å². The van der Waals surface area contributed by atoms with Crippen LogP contribution in [0, 0.1) is 17.6 Å². The Morgan fingerprint density at radius 3 is 2.60 bits per heavy atom. The van der Waals surface area contributed by atoms with E-state index in [1.807, 2.05) is 0 Å². The Hall–Kier alpha value is -2.98. The number of nitrogens with zero attached hydrogens (tertiary/aromatic N) is 3. The van der Waals surface area contributed by atoms with E-state index in [2.05, 4.69) is 10.4 Å². The van der Waals surface area contributed by atoms with Crippen molar-refractivity contribution in [3.63, 3.8) is 0 Å². The van der Waals surface area contributed by atoms with E-state index in [-0.39, 0.29) is 30.4 Å². The van der Waals surface area contributed by atoms with Crippen molar-refractivity contribution < 1.29 is 31.5 Å². The van der Waals surface area contributed by atoms with Gasteiger partial charge in [-0.25, -0.2) is 13.6 Å². The molecule has 0 saturated heterocycles. The van der Waals surface area contributed by atoms with Gasteiger partial charge in [-0.2, -0.15) is 18.3 Å². The molecule has 1 aromatic heterocycles. The molecule has 0 radical (unpaired) electrons. The van der Waals surface area contributed by atoms with Crippen molar-refractivity contribution in [2.45, 2.75) is 45.6 Å². The summed E-state index contributed by atoms with van der Waals surface area (Å²) in [5.74, 6) is -4.70. The number of anilines is 1. The van der Waals surface area contributed by atoms with E-state index in [4.69, 9.17) is 0 Å². The van der Waals surface area contributed by atoms with Gasteiger partial charge < -0.3 is 10.2 Å². The first-order valence-corrected chi connectivity index (χ1v) is 9.14. The summed E-state index contributed by atoms with van der Waals surface area (Å²) in [6.07, 6.45) is -4.00. The van der Waals surface area contributed by atoms with Gasteiger partial charge in [0, 0.05) is 18.2 Å². The monoisotopic (exact) mass is 430 g/mol. The Morgan fingerprint density at radius 1 is 1.27 bits per heavy atom. The lowest BCUT2D eigenvalue weighted by Crippen LogP contribution is -2.47. The van der Waals surface area contributed by atoms with E-state index in [0.717, 1.165) is 19.1 Å². The Kier molecular flexibility index (Phi) is 5.82. The SMILES string of the molecule is C[C@H]1Cn2ncc(C(=O)C[C@H](C)C(F)(F)F)c2CN1C(=O)Nc1ccc(F)c(F)c1. The molecule has 0 fully saturated rings. The Labute approximate surface area is 168 Å². The molecule has 6 nitrogen and oxygen atoms in total. The van der Waals surface area contributed by atoms with E-state index in [0.29, 0.717) is 5.69 Å². The van der Waals surface area contributed by atoms with Crippen molar-refractivity contribution >= 4 is 17.5 Å². The van der Waals surface area contributed by atoms with E-state index in [1.54, 1.807) is 6.92 Å². The number of halogens is 5. The first-order valence-electron chi connectivity index (χ1n) is 9.14. The molecule has 1 aliphatic heterocycles. The van der Waals surface area contributed by atoms with Crippen molar-refractivity contribution in [2.24, 2.45) is 5.92 Å². The molecular weight excluding hydrogens is 411 g/mol. The second kappa shape index (κ2) is 8.04. The first-order chi connectivity index (χ1) is 14.0. The van der Waals surface area contributed by atoms with Crippen LogP contribution in [0.25, 0.3) is 0 Å². The average Bonchev–Trinajstić information content (AvgIpc) is 3.05. The highest BCUT2D eigenvalue weighted by Gasteiger charge is 2.38. The van der Waals surface area contributed by atoms with Gasteiger partial charge in [0.1, 0.15) is 0 Å². The zero-order valence-corrected chi connectivity index (χ0v) is 16.1. The van der Waals surface area contributed by atoms with Gasteiger partial charge in [0.25, 0.3) is 0 Å². The summed E-state index contributed by atoms with van der Waals surface area (Å²) in [4.78, 5) is 26.4. The number of rotatable bonds is 4. The smallest absolute Gasteiger partial charge is 0.314 e. The van der Waals surface area contributed by atoms with Crippen molar-refractivity contribution in [3.05, 3.63) is 47.3 Å². The zero-order chi connectivity index (χ0) is 22.2. The summed E-state index contributed by atoms with van der Waals surface area (Å²) >= 11 is 0. The Balaban J connectivity index is 1.77. The number of amides is 2. The topological polar surface area (TPSA) is 67.2 Å². The molecular formula is C19H19F5N4O2. The minimum absolute atomic E-state index is 0.0311. The molecule has 2 aromatic rings. The van der Waals surface area contributed by atoms with Crippen molar-refractivity contribution in [3.8, 4) is 0 Å². The minimum atomic E-state index is -4.49. The molecule has 11 heteroatoms. The van der Waals surface area contributed by atoms with Crippen LogP contribution in [0.4, 0.5) is 32.4 Å². The molecule has 2 heterocycles. The number of carbonyl (C=O) groups is 2. The molecule has 1 aromatic carbocycles. The van der Waals surface area contributed by atoms with Crippen molar-refractivity contribution in [1.82, 2.24) is 14.7 Å². The highest BCUT2D eigenvalue weighted by Crippen LogP contribution is 2.30. The molecule has 1 N–H and O–H groups in total. The maximum absolute atomic E-state index is 13.4. The Bertz CT molecular complexity index is 972. The molecule has 2 atom stereocenters. The lowest BCUT2D eigenvalue weighted by Gasteiger charge is -2.34. The number of alkyl halides is 3. The minimum Gasteiger partial charge on any atom is -0.314 e. The number of nitrogens with one attached hydrogen (secondary N) is 1. The van der Waals surface area contributed by atoms with E-state index >= 15 is 0 Å². The molecule has 162 valence electrons. The highest BCUT2D eigenvalue weighted by molar-refractivity contribution is 5.97. The lowest BCUT2D eigenvalue weighted by atomic mass is 9.99. The fraction of sp³-hybridized carbons (Fsp3) is 0.421. The normalized spacial score (nSPS) is 17.4. The maximum Gasteiger partial charge on any atom is 0.391 e. The summed E-state index contributed by atoms with van der Waals surface area (Å²) in [6.45, 7) is 2.81. The van der Waals surface area contributed by atoms with E-state index < -0.39 is 42.0 Å². The number of urea groups is 1. The van der Waals surface area contributed by atoms with Gasteiger partial charge in [-0.3, -0.25) is 9.48 Å². The quantitative estimate of drug-likeness (QED) is 0.579. The number of Topliss-reactive ketones (excluding diaryl/α,β-unsaturated/α-hetero) is 1. The van der Waals surface area contributed by atoms with Crippen LogP contribution in [0.15, 0.2) is 24.4 Å². The molecule has 2 amide bonds. The van der Waals surface area contributed by atoms with Gasteiger partial charge in [0.05, 0.1) is 42.5 Å². The second-order valence-electron chi connectivity index (χ2n) is 7.29. The predicted molar refractivity (Wildman–Crippen MR) is 96.8 cm³/mol. The molecule has 0 aliphatic carbocycles. The number of hydrogen-bond donors (Lipinski definition) is 1. The third-order valence-electron chi connectivity index (χ3n) is 5.02. The van der Waals surface area contributed by atoms with Crippen molar-refractivity contribution in [2.75, 3.05) is 5.32 Å². The Morgan fingerprint density at radius 2 is 1.97 bits per heavy atom. The first kappa shape index (κ1) is 21.7. The molecule has 0 spiro atoms. The number of carbonyl (C=O) groups excluding carboxylic acids is 2. The van der Waals surface area contributed by atoms with Gasteiger partial charge in [-0.05, 0) is 19.1 Å². The standard InChI is InChI=1S/C19H19F5N4O2/c1-10(19(22,23)24)5-17(29)13-7-25-28-8-11(2)27(9-16(13)28)18(30)26-12-3-4-14(20)15(21)6-12/h3-4,6-7,10-11H,5,8-9H2,1-2H3,(H,26,30)/t10-,11-/m0/s1. The fourth-order valence-electron chi connectivity index (χ4n) is 3.18. The van der Waals surface area contributed by atoms with E-state index in [1.165, 1.54) is 21.8 Å². The predicted octanol–water partition coefficient (Wildman–Crippen LogP) is 4.37. The average molecular weight is 430 g/mol. The van der Waals surface area contributed by atoms with Crippen LogP contribution in [-0.2, 0) is 13.1 Å². The number of hydrogen-bond acceptors (Lipinski definition) is 3. The van der Waals surface area contributed by atoms with E-state index in [9.17, 15) is 31.5 Å². The van der Waals surface area contributed by atoms with Crippen LogP contribution >= 0.6 is 0 Å². The second-order valence-corrected chi connectivity index (χ2v) is 7.29. The lowest BCUT2D eigenvalue weighted by molar-refractivity contribution is -0.168. The largest absolute Gasteiger partial charge is 0.391 e. The fourth-order valence-corrected chi connectivity index (χ4v) is 3.18. The molecule has 30 heavy (non-hydrogen) atoms. The number of benzene rings is 1. The van der Waals surface area contributed by atoms with Gasteiger partial charge in [-0.15, -0.1) is 0 Å². The summed E-state index contributed by atoms with van der Waals surface area (Å²) < 4.78 is 66.3. The summed E-state index contributed by atoms with van der Waals surface area (Å²) in [7, 11) is 0. The molecule has 1 aliphatic rings. The van der Waals surface area contributed by atoms with Gasteiger partial charge in [0.2, 0.25) is 0 Å². The molecule has 0 bridgehead atoms. The molecule has 0 unspecified atom stereocenters. The van der Waals surface area contributed by atoms with Gasteiger partial charge in [0.15, 0.2) is 17.4 Å². The zero-order valence-electron chi connectivity index (χ0n) is 16.1. The van der Waals surface area contributed by atoms with Crippen LogP contribution in [0.1, 0.15) is 36.3 Å². The molecule has 0 saturated carbocycles. The van der Waals surface area contributed by atoms with Crippen LogP contribution in [0.3, 0.4) is 0 Å². The maximum atomic E-state index is 13.4. The number of fused-ring (bicyclic) bond motifs is 1. The van der Waals surface area contributed by atoms with Crippen LogP contribution in [0.2, 0.25) is 0 Å². The third kappa shape index (κ3) is 4.44. The van der Waals surface area contributed by atoms with Gasteiger partial charge >= 0.3 is 12.2 Å². The third-order valence-corrected chi connectivity index (χ3v) is 5.02. The summed E-state index contributed by atoms with van der Waals surface area (Å²) in [6, 6.07) is 1.92.